The predicted molar refractivity (Wildman–Crippen MR) is 66.2 cm³/mol. The van der Waals surface area contributed by atoms with E-state index in [-0.39, 0.29) is 12.3 Å². The lowest BCUT2D eigenvalue weighted by atomic mass is 10.3. The van der Waals surface area contributed by atoms with Crippen molar-refractivity contribution in [3.8, 4) is 5.75 Å². The predicted octanol–water partition coefficient (Wildman–Crippen LogP) is 1.32. The maximum absolute atomic E-state index is 10.6. The van der Waals surface area contributed by atoms with Crippen LogP contribution in [-0.4, -0.2) is 36.3 Å². The van der Waals surface area contributed by atoms with Crippen molar-refractivity contribution in [3.05, 3.63) is 32.8 Å². The normalized spacial score (nSPS) is 12.2. The number of hydrogen-bond acceptors (Lipinski definition) is 5. The van der Waals surface area contributed by atoms with Crippen molar-refractivity contribution in [2.24, 2.45) is 0 Å². The highest BCUT2D eigenvalue weighted by atomic mass is 79.9. The summed E-state index contributed by atoms with van der Waals surface area (Å²) < 4.78 is 5.83. The summed E-state index contributed by atoms with van der Waals surface area (Å²) in [7, 11) is 1.72. The van der Waals surface area contributed by atoms with Gasteiger partial charge in [-0.25, -0.2) is 0 Å². The summed E-state index contributed by atoms with van der Waals surface area (Å²) in [6, 6.07) is 4.31. The van der Waals surface area contributed by atoms with E-state index in [4.69, 9.17) is 4.74 Å². The lowest BCUT2D eigenvalue weighted by Gasteiger charge is -2.11. The van der Waals surface area contributed by atoms with Crippen LogP contribution >= 0.6 is 15.9 Å². The third kappa shape index (κ3) is 4.68. The Hall–Kier alpha value is -1.18. The quantitative estimate of drug-likeness (QED) is 0.611. The second-order valence-corrected chi connectivity index (χ2v) is 4.34. The summed E-state index contributed by atoms with van der Waals surface area (Å²) in [5.41, 5.74) is -0.0579. The summed E-state index contributed by atoms with van der Waals surface area (Å²) >= 11 is 3.16. The van der Waals surface area contributed by atoms with E-state index in [1.165, 1.54) is 12.1 Å². The third-order valence-electron chi connectivity index (χ3n) is 1.95. The van der Waals surface area contributed by atoms with Crippen molar-refractivity contribution < 1.29 is 14.8 Å². The number of ether oxygens (including phenoxy) is 1. The SMILES string of the molecule is CNCC(O)COc1cc(Br)cc([N+](=O)[O-])c1. The molecule has 0 aliphatic heterocycles. The number of nitro benzene ring substituents is 1. The van der Waals surface area contributed by atoms with Crippen LogP contribution in [0.2, 0.25) is 0 Å². The Bertz CT molecular complexity index is 400. The summed E-state index contributed by atoms with van der Waals surface area (Å²) in [6.07, 6.45) is -0.655. The fourth-order valence-corrected chi connectivity index (χ4v) is 1.68. The number of nitrogens with zero attached hydrogens (tertiary/aromatic N) is 1. The number of aliphatic hydroxyl groups is 1. The second-order valence-electron chi connectivity index (χ2n) is 3.42. The Morgan fingerprint density at radius 1 is 1.59 bits per heavy atom. The van der Waals surface area contributed by atoms with Crippen molar-refractivity contribution in [2.45, 2.75) is 6.10 Å². The number of nitrogens with one attached hydrogen (secondary N) is 1. The van der Waals surface area contributed by atoms with Crippen LogP contribution in [0.1, 0.15) is 0 Å². The van der Waals surface area contributed by atoms with Gasteiger partial charge in [0.15, 0.2) is 0 Å². The number of nitro groups is 1. The fourth-order valence-electron chi connectivity index (χ4n) is 1.22. The highest BCUT2D eigenvalue weighted by Gasteiger charge is 2.10. The van der Waals surface area contributed by atoms with Crippen LogP contribution in [0.15, 0.2) is 22.7 Å². The molecule has 0 aliphatic carbocycles. The first-order valence-electron chi connectivity index (χ1n) is 4.93. The van der Waals surface area contributed by atoms with Gasteiger partial charge in [-0.1, -0.05) is 15.9 Å². The summed E-state index contributed by atoms with van der Waals surface area (Å²) in [4.78, 5) is 10.1. The largest absolute Gasteiger partial charge is 0.491 e. The molecule has 7 heteroatoms. The molecule has 1 rings (SSSR count). The van der Waals surface area contributed by atoms with Gasteiger partial charge in [0.2, 0.25) is 0 Å². The molecular formula is C10H13BrN2O4. The van der Waals surface area contributed by atoms with Crippen LogP contribution in [0.4, 0.5) is 5.69 Å². The van der Waals surface area contributed by atoms with E-state index >= 15 is 0 Å². The van der Waals surface area contributed by atoms with Crippen molar-refractivity contribution in [3.63, 3.8) is 0 Å². The van der Waals surface area contributed by atoms with Crippen LogP contribution in [0.3, 0.4) is 0 Å². The van der Waals surface area contributed by atoms with Gasteiger partial charge in [-0.2, -0.15) is 0 Å². The zero-order chi connectivity index (χ0) is 12.8. The first-order chi connectivity index (χ1) is 8.02. The van der Waals surface area contributed by atoms with Crippen LogP contribution in [0.5, 0.6) is 5.75 Å². The molecule has 0 amide bonds. The fraction of sp³-hybridized carbons (Fsp3) is 0.400. The molecule has 0 heterocycles. The van der Waals surface area contributed by atoms with E-state index < -0.39 is 11.0 Å². The number of non-ortho nitro benzene ring substituents is 1. The smallest absolute Gasteiger partial charge is 0.274 e. The minimum absolute atomic E-state index is 0.0579. The van der Waals surface area contributed by atoms with Gasteiger partial charge < -0.3 is 15.2 Å². The molecule has 0 radical (unpaired) electrons. The molecule has 0 saturated heterocycles. The standard InChI is InChI=1S/C10H13BrN2O4/c1-12-5-9(14)6-17-10-3-7(11)2-8(4-10)13(15)16/h2-4,9,12,14H,5-6H2,1H3. The molecule has 1 aromatic carbocycles. The van der Waals surface area contributed by atoms with Crippen molar-refractivity contribution >= 4 is 21.6 Å². The molecule has 17 heavy (non-hydrogen) atoms. The van der Waals surface area contributed by atoms with Gasteiger partial charge in [0.1, 0.15) is 18.5 Å². The number of hydrogen-bond donors (Lipinski definition) is 2. The molecule has 1 unspecified atom stereocenters. The van der Waals surface area contributed by atoms with Gasteiger partial charge in [-0.05, 0) is 13.1 Å². The van der Waals surface area contributed by atoms with Gasteiger partial charge in [0, 0.05) is 17.1 Å². The summed E-state index contributed by atoms with van der Waals surface area (Å²) in [5, 5.41) is 22.8. The maximum atomic E-state index is 10.6. The zero-order valence-electron chi connectivity index (χ0n) is 9.22. The average Bonchev–Trinajstić information content (AvgIpc) is 2.26. The third-order valence-corrected chi connectivity index (χ3v) is 2.41. The van der Waals surface area contributed by atoms with E-state index in [2.05, 4.69) is 21.2 Å². The molecule has 0 bridgehead atoms. The van der Waals surface area contributed by atoms with Crippen molar-refractivity contribution in [1.29, 1.82) is 0 Å². The monoisotopic (exact) mass is 304 g/mol. The first kappa shape index (κ1) is 13.9. The summed E-state index contributed by atoms with van der Waals surface area (Å²) in [6.45, 7) is 0.477. The van der Waals surface area contributed by atoms with Crippen LogP contribution in [0.25, 0.3) is 0 Å². The topological polar surface area (TPSA) is 84.6 Å². The Morgan fingerprint density at radius 2 is 2.29 bits per heavy atom. The minimum Gasteiger partial charge on any atom is -0.491 e. The molecule has 94 valence electrons. The highest BCUT2D eigenvalue weighted by molar-refractivity contribution is 9.10. The molecule has 0 saturated carbocycles. The van der Waals surface area contributed by atoms with E-state index in [9.17, 15) is 15.2 Å². The van der Waals surface area contributed by atoms with Crippen LogP contribution < -0.4 is 10.1 Å². The zero-order valence-corrected chi connectivity index (χ0v) is 10.8. The molecule has 0 aliphatic rings. The van der Waals surface area contributed by atoms with Crippen LogP contribution in [-0.2, 0) is 0 Å². The van der Waals surface area contributed by atoms with Crippen molar-refractivity contribution in [2.75, 3.05) is 20.2 Å². The molecule has 0 aromatic heterocycles. The number of benzene rings is 1. The average molecular weight is 305 g/mol. The van der Waals surface area contributed by atoms with Crippen molar-refractivity contribution in [1.82, 2.24) is 5.32 Å². The maximum Gasteiger partial charge on any atom is 0.274 e. The lowest BCUT2D eigenvalue weighted by Crippen LogP contribution is -2.29. The van der Waals surface area contributed by atoms with Gasteiger partial charge >= 0.3 is 0 Å². The van der Waals surface area contributed by atoms with Gasteiger partial charge in [0.05, 0.1) is 11.0 Å². The van der Waals surface area contributed by atoms with E-state index in [1.54, 1.807) is 13.1 Å². The number of likely N-dealkylation sites (N-methyl/N-ethyl adjacent to an activating group) is 1. The first-order valence-corrected chi connectivity index (χ1v) is 5.72. The van der Waals surface area contributed by atoms with Crippen LogP contribution in [0, 0.1) is 10.1 Å². The molecular weight excluding hydrogens is 292 g/mol. The molecule has 6 nitrogen and oxygen atoms in total. The molecule has 0 spiro atoms. The van der Waals surface area contributed by atoms with Gasteiger partial charge in [0.25, 0.3) is 5.69 Å². The Balaban J connectivity index is 2.68. The number of aliphatic hydroxyl groups excluding tert-OH is 1. The number of halogens is 1. The Labute approximate surface area is 107 Å². The molecule has 1 aromatic rings. The summed E-state index contributed by atoms with van der Waals surface area (Å²) in [5.74, 6) is 0.348. The Kier molecular flexibility index (Phi) is 5.33. The van der Waals surface area contributed by atoms with Gasteiger partial charge in [-0.15, -0.1) is 0 Å². The second kappa shape index (κ2) is 6.53. The minimum atomic E-state index is -0.655. The van der Waals surface area contributed by atoms with E-state index in [0.717, 1.165) is 0 Å². The highest BCUT2D eigenvalue weighted by Crippen LogP contribution is 2.26. The molecule has 1 atom stereocenters. The Morgan fingerprint density at radius 3 is 2.88 bits per heavy atom. The van der Waals surface area contributed by atoms with E-state index in [0.29, 0.717) is 16.8 Å². The molecule has 2 N–H and O–H groups in total. The van der Waals surface area contributed by atoms with Gasteiger partial charge in [-0.3, -0.25) is 10.1 Å². The van der Waals surface area contributed by atoms with E-state index in [1.807, 2.05) is 0 Å². The lowest BCUT2D eigenvalue weighted by molar-refractivity contribution is -0.385. The number of rotatable bonds is 6. The molecule has 0 fully saturated rings.